The Labute approximate surface area is 328 Å². The standard InChI is InChI=1S/C25H19N.C15H16.2C7H8/c1-18-11-16-25-23(17-18)22-9-5-6-10-24(22)26(25)21-14-12-20(13-15-21)19-7-3-2-4-8-19;1-11-8-9-13(3)15(10-11)14-7-5-4-6-12(14)2;2*1-7-5-3-2-4-6-7/h2-17H,1H3;4-10H,1-3H3;2*2-6H,1H3. The summed E-state index contributed by atoms with van der Waals surface area (Å²) in [4.78, 5) is 0. The zero-order valence-corrected chi connectivity index (χ0v) is 33.0. The molecule has 0 spiro atoms. The van der Waals surface area contributed by atoms with Gasteiger partial charge in [-0.05, 0) is 105 Å². The topological polar surface area (TPSA) is 4.93 Å². The van der Waals surface area contributed by atoms with Crippen LogP contribution >= 0.6 is 0 Å². The van der Waals surface area contributed by atoms with Crippen LogP contribution in [0.3, 0.4) is 0 Å². The molecule has 0 aliphatic carbocycles. The largest absolute Gasteiger partial charge is 0.309 e. The number of nitrogens with zero attached hydrogens (tertiary/aromatic N) is 1. The summed E-state index contributed by atoms with van der Waals surface area (Å²) in [5, 5.41) is 2.62. The maximum absolute atomic E-state index is 2.36. The fourth-order valence-corrected chi connectivity index (χ4v) is 6.77. The molecular formula is C54H51N. The van der Waals surface area contributed by atoms with Crippen molar-refractivity contribution in [1.29, 1.82) is 0 Å². The quantitative estimate of drug-likeness (QED) is 0.172. The smallest absolute Gasteiger partial charge is 0.0541 e. The summed E-state index contributed by atoms with van der Waals surface area (Å²) in [5.74, 6) is 0. The van der Waals surface area contributed by atoms with Gasteiger partial charge >= 0.3 is 0 Å². The molecule has 9 aromatic rings. The van der Waals surface area contributed by atoms with Crippen LogP contribution in [0.25, 0.3) is 49.7 Å². The molecule has 0 bridgehead atoms. The van der Waals surface area contributed by atoms with E-state index in [1.165, 1.54) is 83.1 Å². The Kier molecular flexibility index (Phi) is 12.9. The van der Waals surface area contributed by atoms with Crippen molar-refractivity contribution in [2.24, 2.45) is 0 Å². The molecule has 0 aliphatic rings. The fraction of sp³-hybridized carbons (Fsp3) is 0.111. The van der Waals surface area contributed by atoms with Gasteiger partial charge in [-0.25, -0.2) is 0 Å². The third kappa shape index (κ3) is 9.96. The Balaban J connectivity index is 0.000000148. The minimum absolute atomic E-state index is 1.19. The molecular weight excluding hydrogens is 663 g/mol. The van der Waals surface area contributed by atoms with E-state index in [-0.39, 0.29) is 0 Å². The Hall–Kier alpha value is -6.44. The molecule has 9 rings (SSSR count). The molecule has 0 atom stereocenters. The third-order valence-corrected chi connectivity index (χ3v) is 9.77. The number of benzene rings is 8. The predicted molar refractivity (Wildman–Crippen MR) is 239 cm³/mol. The maximum Gasteiger partial charge on any atom is 0.0541 e. The van der Waals surface area contributed by atoms with E-state index in [0.29, 0.717) is 0 Å². The molecule has 1 nitrogen and oxygen atoms in total. The van der Waals surface area contributed by atoms with Crippen LogP contribution < -0.4 is 0 Å². The fourth-order valence-electron chi connectivity index (χ4n) is 6.77. The number of aromatic nitrogens is 1. The second-order valence-electron chi connectivity index (χ2n) is 14.2. The molecule has 1 aromatic heterocycles. The van der Waals surface area contributed by atoms with E-state index in [4.69, 9.17) is 0 Å². The molecule has 0 radical (unpaired) electrons. The van der Waals surface area contributed by atoms with Crippen molar-refractivity contribution >= 4 is 21.8 Å². The lowest BCUT2D eigenvalue weighted by Crippen LogP contribution is -1.93. The Morgan fingerprint density at radius 3 is 1.36 bits per heavy atom. The van der Waals surface area contributed by atoms with Crippen LogP contribution in [0.5, 0.6) is 0 Å². The first kappa shape index (κ1) is 38.3. The van der Waals surface area contributed by atoms with Gasteiger partial charge in [-0.3, -0.25) is 0 Å². The van der Waals surface area contributed by atoms with Crippen LogP contribution in [-0.2, 0) is 0 Å². The van der Waals surface area contributed by atoms with Crippen LogP contribution in [0, 0.1) is 41.5 Å². The highest BCUT2D eigenvalue weighted by atomic mass is 15.0. The van der Waals surface area contributed by atoms with Gasteiger partial charge in [-0.15, -0.1) is 0 Å². The van der Waals surface area contributed by atoms with Crippen molar-refractivity contribution < 1.29 is 0 Å². The summed E-state index contributed by atoms with van der Waals surface area (Å²) in [7, 11) is 0. The number of para-hydroxylation sites is 1. The van der Waals surface area contributed by atoms with Crippen LogP contribution in [0.4, 0.5) is 0 Å². The van der Waals surface area contributed by atoms with Gasteiger partial charge < -0.3 is 4.57 Å². The molecule has 272 valence electrons. The summed E-state index contributed by atoms with van der Waals surface area (Å²) in [5.41, 5.74) is 16.8. The van der Waals surface area contributed by atoms with E-state index in [0.717, 1.165) is 0 Å². The van der Waals surface area contributed by atoms with Crippen molar-refractivity contribution in [3.05, 3.63) is 234 Å². The summed E-state index contributed by atoms with van der Waals surface area (Å²) in [6, 6.07) is 70.4. The SMILES string of the molecule is Cc1ccc(C)c(-c2ccccc2C)c1.Cc1ccc2c(c1)c1ccccc1n2-c1ccc(-c2ccccc2)cc1.Cc1ccccc1.Cc1ccccc1. The van der Waals surface area contributed by atoms with E-state index in [1.54, 1.807) is 0 Å². The minimum atomic E-state index is 1.19. The van der Waals surface area contributed by atoms with Gasteiger partial charge in [0.1, 0.15) is 0 Å². The highest BCUT2D eigenvalue weighted by Crippen LogP contribution is 2.33. The van der Waals surface area contributed by atoms with Gasteiger partial charge in [0.15, 0.2) is 0 Å². The first-order valence-electron chi connectivity index (χ1n) is 19.1. The number of hydrogen-bond donors (Lipinski definition) is 0. The van der Waals surface area contributed by atoms with Crippen LogP contribution in [-0.4, -0.2) is 4.57 Å². The third-order valence-electron chi connectivity index (χ3n) is 9.77. The lowest BCUT2D eigenvalue weighted by Gasteiger charge is -2.09. The summed E-state index contributed by atoms with van der Waals surface area (Å²) >= 11 is 0. The second-order valence-corrected chi connectivity index (χ2v) is 14.2. The molecule has 1 heterocycles. The summed E-state index contributed by atoms with van der Waals surface area (Å²) in [6.45, 7) is 12.8. The number of aryl methyl sites for hydroxylation is 6. The van der Waals surface area contributed by atoms with Gasteiger partial charge in [0.05, 0.1) is 11.0 Å². The van der Waals surface area contributed by atoms with Gasteiger partial charge in [-0.2, -0.15) is 0 Å². The molecule has 0 aliphatic heterocycles. The Morgan fingerprint density at radius 1 is 0.291 bits per heavy atom. The maximum atomic E-state index is 2.36. The van der Waals surface area contributed by atoms with Crippen molar-refractivity contribution in [2.75, 3.05) is 0 Å². The van der Waals surface area contributed by atoms with Crippen molar-refractivity contribution in [2.45, 2.75) is 41.5 Å². The summed E-state index contributed by atoms with van der Waals surface area (Å²) in [6.07, 6.45) is 0. The molecule has 0 saturated heterocycles. The molecule has 0 N–H and O–H groups in total. The van der Waals surface area contributed by atoms with E-state index in [9.17, 15) is 0 Å². The minimum Gasteiger partial charge on any atom is -0.309 e. The van der Waals surface area contributed by atoms with Crippen molar-refractivity contribution in [3.63, 3.8) is 0 Å². The van der Waals surface area contributed by atoms with E-state index in [1.807, 2.05) is 36.4 Å². The average Bonchev–Trinajstić information content (AvgIpc) is 3.54. The van der Waals surface area contributed by atoms with Crippen LogP contribution in [0.1, 0.15) is 33.4 Å². The first-order valence-corrected chi connectivity index (χ1v) is 19.1. The van der Waals surface area contributed by atoms with Crippen LogP contribution in [0.15, 0.2) is 200 Å². The van der Waals surface area contributed by atoms with Crippen molar-refractivity contribution in [1.82, 2.24) is 4.57 Å². The monoisotopic (exact) mass is 713 g/mol. The van der Waals surface area contributed by atoms with E-state index in [2.05, 4.69) is 210 Å². The number of hydrogen-bond acceptors (Lipinski definition) is 0. The highest BCUT2D eigenvalue weighted by molar-refractivity contribution is 6.09. The molecule has 55 heavy (non-hydrogen) atoms. The molecule has 1 heteroatoms. The Morgan fingerprint density at radius 2 is 0.764 bits per heavy atom. The normalized spacial score (nSPS) is 10.4. The molecule has 0 amide bonds. The lowest BCUT2D eigenvalue weighted by molar-refractivity contribution is 1.18. The molecule has 0 unspecified atom stereocenters. The highest BCUT2D eigenvalue weighted by Gasteiger charge is 2.12. The van der Waals surface area contributed by atoms with E-state index < -0.39 is 0 Å². The van der Waals surface area contributed by atoms with Gasteiger partial charge in [0.25, 0.3) is 0 Å². The first-order chi connectivity index (χ1) is 26.8. The molecule has 0 fully saturated rings. The van der Waals surface area contributed by atoms with Crippen LogP contribution in [0.2, 0.25) is 0 Å². The number of fused-ring (bicyclic) bond motifs is 3. The molecule has 8 aromatic carbocycles. The average molecular weight is 714 g/mol. The predicted octanol–water partition coefficient (Wildman–Crippen LogP) is 15.0. The molecule has 0 saturated carbocycles. The lowest BCUT2D eigenvalue weighted by atomic mass is 9.95. The number of rotatable bonds is 3. The van der Waals surface area contributed by atoms with Gasteiger partial charge in [-0.1, -0.05) is 192 Å². The van der Waals surface area contributed by atoms with Gasteiger partial charge in [0.2, 0.25) is 0 Å². The van der Waals surface area contributed by atoms with Gasteiger partial charge in [0, 0.05) is 16.5 Å². The summed E-state index contributed by atoms with van der Waals surface area (Å²) < 4.78 is 2.36. The van der Waals surface area contributed by atoms with E-state index >= 15 is 0 Å². The Bertz CT molecular complexity index is 2520. The second kappa shape index (κ2) is 18.5. The van der Waals surface area contributed by atoms with Crippen molar-refractivity contribution in [3.8, 4) is 27.9 Å². The zero-order valence-electron chi connectivity index (χ0n) is 33.0. The zero-order chi connectivity index (χ0) is 38.6.